The van der Waals surface area contributed by atoms with Crippen molar-refractivity contribution in [3.05, 3.63) is 71.8 Å². The molecule has 0 spiro atoms. The minimum atomic E-state index is -1.36. The summed E-state index contributed by atoms with van der Waals surface area (Å²) in [5.74, 6) is -3.18. The van der Waals surface area contributed by atoms with Crippen LogP contribution in [0.1, 0.15) is 91.7 Å². The number of hydrogen-bond acceptors (Lipinski definition) is 9. The van der Waals surface area contributed by atoms with E-state index in [9.17, 15) is 39.0 Å². The van der Waals surface area contributed by atoms with Crippen LogP contribution < -0.4 is 26.6 Å². The number of hydrogen-bond donors (Lipinski definition) is 7. The van der Waals surface area contributed by atoms with Gasteiger partial charge in [0.2, 0.25) is 29.5 Å². The minimum Gasteiger partial charge on any atom is -0.469 e. The zero-order valence-electron chi connectivity index (χ0n) is 34.7. The zero-order valence-corrected chi connectivity index (χ0v) is 34.7. The topological polar surface area (TPSA) is 212 Å². The highest BCUT2D eigenvalue weighted by Gasteiger charge is 2.32. The number of aliphatic hydroxyl groups is 2. The van der Waals surface area contributed by atoms with Gasteiger partial charge in [-0.05, 0) is 48.6 Å². The van der Waals surface area contributed by atoms with Gasteiger partial charge in [0.25, 0.3) is 0 Å². The van der Waals surface area contributed by atoms with E-state index in [4.69, 9.17) is 0 Å². The number of methoxy groups -OCH3 is 1. The third kappa shape index (κ3) is 18.8. The fourth-order valence-electron chi connectivity index (χ4n) is 6.34. The second-order valence-corrected chi connectivity index (χ2v) is 16.1. The lowest BCUT2D eigenvalue weighted by molar-refractivity contribution is -0.144. The molecule has 0 fully saturated rings. The number of aliphatic hydroxyl groups excluding tert-OH is 2. The summed E-state index contributed by atoms with van der Waals surface area (Å²) in [6, 6.07) is 13.5. The molecule has 57 heavy (non-hydrogen) atoms. The second-order valence-electron chi connectivity index (χ2n) is 16.1. The first-order valence-electron chi connectivity index (χ1n) is 19.9. The molecule has 0 aromatic heterocycles. The smallest absolute Gasteiger partial charge is 0.308 e. The van der Waals surface area contributed by atoms with Gasteiger partial charge in [-0.1, -0.05) is 102 Å². The summed E-state index contributed by atoms with van der Waals surface area (Å²) < 4.78 is 4.64. The van der Waals surface area contributed by atoms with Crippen LogP contribution in [0, 0.1) is 17.8 Å². The molecule has 316 valence electrons. The molecule has 0 aliphatic rings. The average molecular weight is 796 g/mol. The lowest BCUT2D eigenvalue weighted by atomic mass is 9.95. The first-order valence-corrected chi connectivity index (χ1v) is 19.9. The standard InChI is InChI=1S/C43H65N5O9/c1-26(2)19-32(36(49)24-39(52)44-29(7)41(54)46-33(20-27(3)4)37(50)25-40(53)57-8)47-43(56)35(23-31-17-13-10-14-18-31)48-42(55)34(45-38(51)21-28(5)6)22-30-15-11-9-12-16-30/h9-18,26-29,32-37,49-50H,19-25H2,1-8H3,(H,44,52)(H,45,51)(H,46,54)(H,47,56)(H,48,55)/t29-,32-,33-,34-,35-,36-,37-/m0/s1. The molecule has 7 N–H and O–H groups in total. The maximum absolute atomic E-state index is 14.1. The van der Waals surface area contributed by atoms with Crippen LogP contribution in [0.2, 0.25) is 0 Å². The number of benzene rings is 2. The summed E-state index contributed by atoms with van der Waals surface area (Å²) in [5.41, 5.74) is 1.59. The van der Waals surface area contributed by atoms with Crippen LogP contribution in [0.15, 0.2) is 60.7 Å². The highest BCUT2D eigenvalue weighted by molar-refractivity contribution is 5.92. The maximum atomic E-state index is 14.1. The minimum absolute atomic E-state index is 0.0133. The van der Waals surface area contributed by atoms with Crippen molar-refractivity contribution in [1.29, 1.82) is 0 Å². The van der Waals surface area contributed by atoms with E-state index in [1.54, 1.807) is 0 Å². The Hall–Kier alpha value is -4.82. The van der Waals surface area contributed by atoms with E-state index < -0.39 is 78.4 Å². The Balaban J connectivity index is 2.23. The third-order valence-corrected chi connectivity index (χ3v) is 9.25. The van der Waals surface area contributed by atoms with Gasteiger partial charge < -0.3 is 41.5 Å². The molecule has 0 saturated carbocycles. The Morgan fingerprint density at radius 2 is 0.947 bits per heavy atom. The summed E-state index contributed by atoms with van der Waals surface area (Å²) >= 11 is 0. The summed E-state index contributed by atoms with van der Waals surface area (Å²) in [4.78, 5) is 78.8. The van der Waals surface area contributed by atoms with Crippen molar-refractivity contribution < 1.29 is 43.7 Å². The van der Waals surface area contributed by atoms with Crippen LogP contribution in [0.3, 0.4) is 0 Å². The van der Waals surface area contributed by atoms with Gasteiger partial charge in [0.1, 0.15) is 18.1 Å². The number of carbonyl (C=O) groups excluding carboxylic acids is 6. The van der Waals surface area contributed by atoms with Gasteiger partial charge in [-0.3, -0.25) is 28.8 Å². The first-order chi connectivity index (χ1) is 26.9. The Bertz CT molecular complexity index is 1570. The maximum Gasteiger partial charge on any atom is 0.308 e. The molecular weight excluding hydrogens is 730 g/mol. The number of carbonyl (C=O) groups is 6. The second kappa shape index (κ2) is 24.7. The molecule has 2 aromatic carbocycles. The number of amides is 5. The van der Waals surface area contributed by atoms with E-state index in [0.29, 0.717) is 12.8 Å². The predicted octanol–water partition coefficient (Wildman–Crippen LogP) is 2.73. The van der Waals surface area contributed by atoms with E-state index in [1.165, 1.54) is 14.0 Å². The summed E-state index contributed by atoms with van der Waals surface area (Å²) in [6.07, 6.45) is -2.15. The lowest BCUT2D eigenvalue weighted by Crippen LogP contribution is -2.57. The monoisotopic (exact) mass is 795 g/mol. The Labute approximate surface area is 337 Å². The Kier molecular flexibility index (Phi) is 21.0. The number of rotatable bonds is 24. The molecule has 14 nitrogen and oxygen atoms in total. The summed E-state index contributed by atoms with van der Waals surface area (Å²) in [7, 11) is 1.20. The van der Waals surface area contributed by atoms with E-state index in [1.807, 2.05) is 102 Å². The van der Waals surface area contributed by atoms with E-state index >= 15 is 0 Å². The Morgan fingerprint density at radius 1 is 0.526 bits per heavy atom. The Morgan fingerprint density at radius 3 is 1.40 bits per heavy atom. The van der Waals surface area contributed by atoms with Crippen molar-refractivity contribution in [3.63, 3.8) is 0 Å². The average Bonchev–Trinajstić information content (AvgIpc) is 3.13. The SMILES string of the molecule is COC(=O)C[C@H](O)[C@H](CC(C)C)NC(=O)[C@H](C)NC(=O)C[C@H](O)[C@H](CC(C)C)NC(=O)[C@H](Cc1ccccc1)NC(=O)[C@H](Cc1ccccc1)NC(=O)CC(C)C. The van der Waals surface area contributed by atoms with Crippen molar-refractivity contribution in [2.24, 2.45) is 17.8 Å². The zero-order chi connectivity index (χ0) is 42.7. The molecular formula is C43H65N5O9. The van der Waals surface area contributed by atoms with Crippen LogP contribution in [-0.2, 0) is 46.3 Å². The molecule has 0 unspecified atom stereocenters. The van der Waals surface area contributed by atoms with Crippen LogP contribution in [0.4, 0.5) is 0 Å². The highest BCUT2D eigenvalue weighted by Crippen LogP contribution is 2.15. The van der Waals surface area contributed by atoms with Crippen LogP contribution in [0.25, 0.3) is 0 Å². The quantitative estimate of drug-likeness (QED) is 0.0778. The molecule has 2 rings (SSSR count). The fourth-order valence-corrected chi connectivity index (χ4v) is 6.34. The predicted molar refractivity (Wildman–Crippen MR) is 217 cm³/mol. The van der Waals surface area contributed by atoms with Gasteiger partial charge in [-0.2, -0.15) is 0 Å². The van der Waals surface area contributed by atoms with E-state index in [2.05, 4.69) is 31.3 Å². The fraction of sp³-hybridized carbons (Fsp3) is 0.581. The number of nitrogens with one attached hydrogen (secondary N) is 5. The van der Waals surface area contributed by atoms with Crippen LogP contribution in [-0.4, -0.2) is 95.2 Å². The van der Waals surface area contributed by atoms with E-state index in [0.717, 1.165) is 11.1 Å². The molecule has 5 amide bonds. The molecule has 14 heteroatoms. The number of ether oxygens (including phenoxy) is 1. The van der Waals surface area contributed by atoms with Crippen molar-refractivity contribution in [2.75, 3.05) is 7.11 Å². The molecule has 7 atom stereocenters. The van der Waals surface area contributed by atoms with Crippen molar-refractivity contribution in [1.82, 2.24) is 26.6 Å². The molecule has 0 bridgehead atoms. The van der Waals surface area contributed by atoms with Gasteiger partial charge in [0, 0.05) is 19.3 Å². The van der Waals surface area contributed by atoms with Gasteiger partial charge in [0.05, 0.1) is 44.2 Å². The number of esters is 1. The van der Waals surface area contributed by atoms with Crippen molar-refractivity contribution in [2.45, 2.75) is 136 Å². The molecule has 0 heterocycles. The van der Waals surface area contributed by atoms with E-state index in [-0.39, 0.29) is 49.3 Å². The molecule has 0 aliphatic carbocycles. The summed E-state index contributed by atoms with van der Waals surface area (Å²) in [5, 5.41) is 35.8. The molecule has 2 aromatic rings. The largest absolute Gasteiger partial charge is 0.469 e. The highest BCUT2D eigenvalue weighted by atomic mass is 16.5. The van der Waals surface area contributed by atoms with Gasteiger partial charge in [-0.15, -0.1) is 0 Å². The van der Waals surface area contributed by atoms with Crippen LogP contribution >= 0.6 is 0 Å². The first kappa shape index (κ1) is 48.3. The van der Waals surface area contributed by atoms with Gasteiger partial charge in [-0.25, -0.2) is 0 Å². The normalized spacial score (nSPS) is 15.0. The summed E-state index contributed by atoms with van der Waals surface area (Å²) in [6.45, 7) is 12.9. The van der Waals surface area contributed by atoms with Gasteiger partial charge >= 0.3 is 5.97 Å². The third-order valence-electron chi connectivity index (χ3n) is 9.25. The molecule has 0 radical (unpaired) electrons. The lowest BCUT2D eigenvalue weighted by Gasteiger charge is -2.29. The van der Waals surface area contributed by atoms with Crippen LogP contribution in [0.5, 0.6) is 0 Å². The molecule has 0 saturated heterocycles. The molecule has 0 aliphatic heterocycles. The van der Waals surface area contributed by atoms with Crippen molar-refractivity contribution in [3.8, 4) is 0 Å². The van der Waals surface area contributed by atoms with Gasteiger partial charge in [0.15, 0.2) is 0 Å². The van der Waals surface area contributed by atoms with Crippen molar-refractivity contribution >= 4 is 35.5 Å².